The maximum absolute atomic E-state index is 11.5. The lowest BCUT2D eigenvalue weighted by molar-refractivity contribution is 0.00302. The van der Waals surface area contributed by atoms with Crippen LogP contribution in [0.2, 0.25) is 0 Å². The number of carbonyl (C=O) groups excluding carboxylic acids is 2. The van der Waals surface area contributed by atoms with Crippen LogP contribution in [0, 0.1) is 0 Å². The van der Waals surface area contributed by atoms with Crippen molar-refractivity contribution in [3.63, 3.8) is 0 Å². The van der Waals surface area contributed by atoms with Crippen LogP contribution in [-0.2, 0) is 14.2 Å². The van der Waals surface area contributed by atoms with Gasteiger partial charge >= 0.3 is 12.3 Å². The predicted molar refractivity (Wildman–Crippen MR) is 90.8 cm³/mol. The summed E-state index contributed by atoms with van der Waals surface area (Å²) in [6.45, 7) is 0. The summed E-state index contributed by atoms with van der Waals surface area (Å²) in [5.41, 5.74) is 0. The van der Waals surface area contributed by atoms with Crippen molar-refractivity contribution in [2.75, 3.05) is 0 Å². The number of carbonyl (C=O) groups is 2. The maximum atomic E-state index is 11.5. The average molecular weight is 338 g/mol. The van der Waals surface area contributed by atoms with Crippen LogP contribution in [0.3, 0.4) is 0 Å². The second-order valence-electron chi connectivity index (χ2n) is 6.72. The first-order valence-electron chi connectivity index (χ1n) is 9.50. The largest absolute Gasteiger partial charge is 0.518 e. The van der Waals surface area contributed by atoms with E-state index >= 15 is 0 Å². The molecular formula is C19H30O5. The molecule has 1 aliphatic heterocycles. The van der Waals surface area contributed by atoms with Crippen LogP contribution >= 0.6 is 0 Å². The molecule has 0 saturated carbocycles. The molecule has 2 unspecified atom stereocenters. The first-order valence-corrected chi connectivity index (χ1v) is 9.50. The number of fused-ring (bicyclic) bond motifs is 1. The molecule has 0 N–H and O–H groups in total. The minimum Gasteiger partial charge on any atom is -0.427 e. The van der Waals surface area contributed by atoms with Gasteiger partial charge in [-0.3, -0.25) is 0 Å². The average Bonchev–Trinajstić information content (AvgIpc) is 2.67. The van der Waals surface area contributed by atoms with Gasteiger partial charge in [-0.15, -0.1) is 0 Å². The molecule has 1 heterocycles. The van der Waals surface area contributed by atoms with E-state index in [1.54, 1.807) is 0 Å². The number of hydrogen-bond acceptors (Lipinski definition) is 5. The van der Waals surface area contributed by atoms with Gasteiger partial charge in [0.25, 0.3) is 0 Å². The van der Waals surface area contributed by atoms with Gasteiger partial charge in [0.05, 0.1) is 0 Å². The first-order chi connectivity index (χ1) is 11.8. The molecule has 0 radical (unpaired) electrons. The Hall–Kier alpha value is -1.52. The van der Waals surface area contributed by atoms with Gasteiger partial charge in [0.1, 0.15) is 12.2 Å². The fourth-order valence-corrected chi connectivity index (χ4v) is 3.34. The topological polar surface area (TPSA) is 61.8 Å². The molecule has 0 spiro atoms. The summed E-state index contributed by atoms with van der Waals surface area (Å²) >= 11 is 0. The molecule has 1 saturated heterocycles. The van der Waals surface area contributed by atoms with Gasteiger partial charge < -0.3 is 14.2 Å². The van der Waals surface area contributed by atoms with Gasteiger partial charge in [-0.2, -0.15) is 0 Å². The van der Waals surface area contributed by atoms with E-state index in [9.17, 15) is 9.59 Å². The molecule has 24 heavy (non-hydrogen) atoms. The Balaban J connectivity index is 1.89. The molecule has 1 aliphatic carbocycles. The van der Waals surface area contributed by atoms with Crippen LogP contribution in [0.4, 0.5) is 9.59 Å². The molecule has 136 valence electrons. The number of allylic oxidation sites excluding steroid dienone is 2. The SMILES string of the molecule is O=C1OC(=O)OC2CCCCCCCCCC=CCCCCC2O1. The fraction of sp³-hybridized carbons (Fsp3) is 0.789. The van der Waals surface area contributed by atoms with Crippen molar-refractivity contribution < 1.29 is 23.8 Å². The highest BCUT2D eigenvalue weighted by Gasteiger charge is 2.34. The predicted octanol–water partition coefficient (Wildman–Crippen LogP) is 5.67. The van der Waals surface area contributed by atoms with Crippen molar-refractivity contribution in [1.29, 1.82) is 0 Å². The molecule has 5 heteroatoms. The second kappa shape index (κ2) is 11.1. The van der Waals surface area contributed by atoms with Crippen LogP contribution in [0.1, 0.15) is 83.5 Å². The first kappa shape index (κ1) is 18.8. The van der Waals surface area contributed by atoms with E-state index in [0.29, 0.717) is 6.42 Å². The molecule has 0 aromatic carbocycles. The van der Waals surface area contributed by atoms with Crippen LogP contribution in [0.25, 0.3) is 0 Å². The van der Waals surface area contributed by atoms with E-state index in [0.717, 1.165) is 38.5 Å². The van der Waals surface area contributed by atoms with Crippen LogP contribution in [-0.4, -0.2) is 24.5 Å². The number of ether oxygens (including phenoxy) is 3. The summed E-state index contributed by atoms with van der Waals surface area (Å²) in [6.07, 6.45) is 16.0. The highest BCUT2D eigenvalue weighted by atomic mass is 16.8. The monoisotopic (exact) mass is 338 g/mol. The lowest BCUT2D eigenvalue weighted by atomic mass is 10.00. The Labute approximate surface area is 144 Å². The smallest absolute Gasteiger partial charge is 0.427 e. The summed E-state index contributed by atoms with van der Waals surface area (Å²) in [5, 5.41) is 0. The Morgan fingerprint density at radius 2 is 1.04 bits per heavy atom. The standard InChI is InChI=1S/C19H30O5/c20-18-22-16-14-12-10-8-6-4-2-1-3-5-7-9-11-13-15-17(16)23-19(21)24-18/h4,6,16-17H,1-3,5,7-15H2. The third-order valence-electron chi connectivity index (χ3n) is 4.71. The normalized spacial score (nSPS) is 28.5. The molecule has 0 aromatic rings. The molecule has 5 nitrogen and oxygen atoms in total. The highest BCUT2D eigenvalue weighted by molar-refractivity contribution is 5.77. The number of hydrogen-bond donors (Lipinski definition) is 0. The Morgan fingerprint density at radius 3 is 1.62 bits per heavy atom. The van der Waals surface area contributed by atoms with Gasteiger partial charge in [0.2, 0.25) is 0 Å². The molecule has 0 amide bonds. The lowest BCUT2D eigenvalue weighted by Gasteiger charge is -2.22. The third-order valence-corrected chi connectivity index (χ3v) is 4.71. The van der Waals surface area contributed by atoms with Gasteiger partial charge in [-0.1, -0.05) is 44.3 Å². The van der Waals surface area contributed by atoms with Gasteiger partial charge in [-0.05, 0) is 51.4 Å². The van der Waals surface area contributed by atoms with Crippen LogP contribution in [0.5, 0.6) is 0 Å². The summed E-state index contributed by atoms with van der Waals surface area (Å²) in [6, 6.07) is 0. The van der Waals surface area contributed by atoms with Crippen molar-refractivity contribution >= 4 is 12.3 Å². The summed E-state index contributed by atoms with van der Waals surface area (Å²) in [4.78, 5) is 23.0. The van der Waals surface area contributed by atoms with E-state index in [-0.39, 0.29) is 12.2 Å². The minimum atomic E-state index is -0.932. The molecular weight excluding hydrogens is 308 g/mol. The lowest BCUT2D eigenvalue weighted by Crippen LogP contribution is -2.31. The molecule has 0 bridgehead atoms. The van der Waals surface area contributed by atoms with E-state index in [2.05, 4.69) is 16.9 Å². The zero-order valence-corrected chi connectivity index (χ0v) is 14.5. The molecule has 2 aliphatic rings. The van der Waals surface area contributed by atoms with Crippen molar-refractivity contribution in [3.8, 4) is 0 Å². The van der Waals surface area contributed by atoms with Crippen LogP contribution < -0.4 is 0 Å². The highest BCUT2D eigenvalue weighted by Crippen LogP contribution is 2.23. The third kappa shape index (κ3) is 7.37. The zero-order valence-electron chi connectivity index (χ0n) is 14.5. The van der Waals surface area contributed by atoms with Gasteiger partial charge in [0, 0.05) is 0 Å². The number of cyclic esters (lactones) is 2. The van der Waals surface area contributed by atoms with Gasteiger partial charge in [-0.25, -0.2) is 9.59 Å². The van der Waals surface area contributed by atoms with Crippen LogP contribution in [0.15, 0.2) is 12.2 Å². The minimum absolute atomic E-state index is 0.379. The van der Waals surface area contributed by atoms with Crippen molar-refractivity contribution in [1.82, 2.24) is 0 Å². The van der Waals surface area contributed by atoms with Crippen molar-refractivity contribution in [3.05, 3.63) is 12.2 Å². The summed E-state index contributed by atoms with van der Waals surface area (Å²) < 4.78 is 15.0. The van der Waals surface area contributed by atoms with Crippen molar-refractivity contribution in [2.45, 2.75) is 95.7 Å². The van der Waals surface area contributed by atoms with E-state index in [1.807, 2.05) is 0 Å². The summed E-state index contributed by atoms with van der Waals surface area (Å²) in [7, 11) is 0. The maximum Gasteiger partial charge on any atom is 0.518 e. The Bertz CT molecular complexity index is 418. The molecule has 0 aromatic heterocycles. The van der Waals surface area contributed by atoms with Gasteiger partial charge in [0.15, 0.2) is 0 Å². The summed E-state index contributed by atoms with van der Waals surface area (Å²) in [5.74, 6) is 0. The zero-order chi connectivity index (χ0) is 17.0. The van der Waals surface area contributed by atoms with E-state index < -0.39 is 12.3 Å². The quantitative estimate of drug-likeness (QED) is 0.323. The molecule has 1 fully saturated rings. The Kier molecular flexibility index (Phi) is 8.71. The van der Waals surface area contributed by atoms with E-state index in [4.69, 9.17) is 9.47 Å². The second-order valence-corrected chi connectivity index (χ2v) is 6.72. The Morgan fingerprint density at radius 1 is 0.625 bits per heavy atom. The van der Waals surface area contributed by atoms with E-state index in [1.165, 1.54) is 38.5 Å². The van der Waals surface area contributed by atoms with Crippen molar-refractivity contribution in [2.24, 2.45) is 0 Å². The molecule has 2 rings (SSSR count). The molecule has 2 atom stereocenters. The number of rotatable bonds is 0. The fourth-order valence-electron chi connectivity index (χ4n) is 3.34.